The predicted molar refractivity (Wildman–Crippen MR) is 50.4 cm³/mol. The normalized spacial score (nSPS) is 52.4. The van der Waals surface area contributed by atoms with E-state index < -0.39 is 0 Å². The number of carbonyl (C=O) groups is 1. The summed E-state index contributed by atoms with van der Waals surface area (Å²) in [5.41, 5.74) is 2.06. The van der Waals surface area contributed by atoms with Crippen LogP contribution in [0.1, 0.15) is 12.8 Å². The van der Waals surface area contributed by atoms with Gasteiger partial charge < -0.3 is 5.11 Å². The van der Waals surface area contributed by atoms with Crippen LogP contribution in [0.15, 0.2) is 23.3 Å². The van der Waals surface area contributed by atoms with Crippen LogP contribution in [0.3, 0.4) is 0 Å². The highest BCUT2D eigenvalue weighted by Crippen LogP contribution is 2.79. The molecule has 3 atom stereocenters. The highest BCUT2D eigenvalue weighted by Gasteiger charge is 2.79. The van der Waals surface area contributed by atoms with Crippen molar-refractivity contribution in [2.75, 3.05) is 0 Å². The van der Waals surface area contributed by atoms with Gasteiger partial charge in [-0.1, -0.05) is 12.2 Å². The van der Waals surface area contributed by atoms with Gasteiger partial charge in [-0.05, 0) is 36.2 Å². The van der Waals surface area contributed by atoms with Crippen molar-refractivity contribution in [2.24, 2.45) is 23.7 Å². The molecular formula is C12H12O2. The van der Waals surface area contributed by atoms with E-state index in [1.807, 2.05) is 12.2 Å². The Morgan fingerprint density at radius 2 is 2.00 bits per heavy atom. The molecule has 3 unspecified atom stereocenters. The van der Waals surface area contributed by atoms with Crippen molar-refractivity contribution in [3.8, 4) is 0 Å². The van der Waals surface area contributed by atoms with Gasteiger partial charge in [0.25, 0.3) is 0 Å². The summed E-state index contributed by atoms with van der Waals surface area (Å²) >= 11 is 0. The van der Waals surface area contributed by atoms with Gasteiger partial charge in [-0.15, -0.1) is 0 Å². The molecule has 0 spiro atoms. The Bertz CT molecular complexity index is 395. The summed E-state index contributed by atoms with van der Waals surface area (Å²) < 4.78 is 0. The van der Waals surface area contributed by atoms with E-state index in [0.717, 1.165) is 17.6 Å². The predicted octanol–water partition coefficient (Wildman–Crippen LogP) is 1.07. The minimum Gasteiger partial charge on any atom is -0.388 e. The monoisotopic (exact) mass is 188 g/mol. The molecule has 0 amide bonds. The minimum atomic E-state index is -0.369. The van der Waals surface area contributed by atoms with Crippen LogP contribution in [0.2, 0.25) is 0 Å². The van der Waals surface area contributed by atoms with E-state index in [0.29, 0.717) is 35.9 Å². The molecule has 0 saturated heterocycles. The van der Waals surface area contributed by atoms with Gasteiger partial charge in [0.05, 0.1) is 6.10 Å². The Kier molecular flexibility index (Phi) is 1.08. The summed E-state index contributed by atoms with van der Waals surface area (Å²) in [6.07, 6.45) is 5.13. The van der Waals surface area contributed by atoms with Crippen molar-refractivity contribution < 1.29 is 9.90 Å². The van der Waals surface area contributed by atoms with Gasteiger partial charge in [0.15, 0.2) is 5.78 Å². The van der Waals surface area contributed by atoms with Crippen molar-refractivity contribution in [2.45, 2.75) is 18.9 Å². The van der Waals surface area contributed by atoms with Crippen LogP contribution in [-0.4, -0.2) is 17.0 Å². The van der Waals surface area contributed by atoms with Crippen molar-refractivity contribution in [1.82, 2.24) is 0 Å². The molecule has 0 aromatic rings. The zero-order valence-electron chi connectivity index (χ0n) is 7.81. The third-order valence-electron chi connectivity index (χ3n) is 4.34. The Hall–Kier alpha value is -0.890. The topological polar surface area (TPSA) is 37.3 Å². The van der Waals surface area contributed by atoms with E-state index in [-0.39, 0.29) is 6.10 Å². The largest absolute Gasteiger partial charge is 0.388 e. The van der Waals surface area contributed by atoms with E-state index in [9.17, 15) is 9.90 Å². The molecule has 5 aliphatic carbocycles. The molecule has 14 heavy (non-hydrogen) atoms. The van der Waals surface area contributed by atoms with Crippen molar-refractivity contribution in [3.05, 3.63) is 23.3 Å². The van der Waals surface area contributed by atoms with E-state index in [1.54, 1.807) is 0 Å². The number of aliphatic hydroxyl groups excluding tert-OH is 1. The zero-order chi connectivity index (χ0) is 9.45. The third-order valence-corrected chi connectivity index (χ3v) is 4.34. The van der Waals surface area contributed by atoms with E-state index in [2.05, 4.69) is 0 Å². The number of carbonyl (C=O) groups excluding carboxylic acids is 1. The van der Waals surface area contributed by atoms with Crippen LogP contribution < -0.4 is 0 Å². The average Bonchev–Trinajstić information content (AvgIpc) is 2.98. The maximum absolute atomic E-state index is 11.9. The third kappa shape index (κ3) is 0.640. The van der Waals surface area contributed by atoms with Crippen molar-refractivity contribution in [3.63, 3.8) is 0 Å². The quantitative estimate of drug-likeness (QED) is 0.577. The van der Waals surface area contributed by atoms with E-state index >= 15 is 0 Å². The highest BCUT2D eigenvalue weighted by atomic mass is 16.3. The first-order valence-electron chi connectivity index (χ1n) is 5.41. The number of allylic oxidation sites excluding steroid dienone is 2. The molecule has 2 fully saturated rings. The lowest BCUT2D eigenvalue weighted by atomic mass is 9.78. The lowest BCUT2D eigenvalue weighted by Gasteiger charge is -2.27. The summed E-state index contributed by atoms with van der Waals surface area (Å²) in [5.74, 6) is 2.62. The smallest absolute Gasteiger partial charge is 0.162 e. The summed E-state index contributed by atoms with van der Waals surface area (Å²) in [5, 5.41) is 9.95. The maximum Gasteiger partial charge on any atom is 0.162 e. The van der Waals surface area contributed by atoms with Crippen LogP contribution in [0.5, 0.6) is 0 Å². The molecule has 1 N–H and O–H groups in total. The van der Waals surface area contributed by atoms with Gasteiger partial charge in [-0.3, -0.25) is 4.79 Å². The molecule has 2 nitrogen and oxygen atoms in total. The number of Topliss-reactive ketones (excluding diaryl/α,β-unsaturated/α-hetero) is 1. The van der Waals surface area contributed by atoms with Gasteiger partial charge >= 0.3 is 0 Å². The number of ketones is 1. The Morgan fingerprint density at radius 3 is 2.79 bits per heavy atom. The Labute approximate surface area is 82.3 Å². The first-order valence-corrected chi connectivity index (χ1v) is 5.41. The average molecular weight is 188 g/mol. The lowest BCUT2D eigenvalue weighted by Crippen LogP contribution is -2.29. The summed E-state index contributed by atoms with van der Waals surface area (Å²) in [6, 6.07) is 0. The van der Waals surface area contributed by atoms with E-state index in [1.165, 1.54) is 0 Å². The van der Waals surface area contributed by atoms with Crippen molar-refractivity contribution in [1.29, 1.82) is 0 Å². The fourth-order valence-electron chi connectivity index (χ4n) is 3.52. The molecule has 5 aliphatic rings. The Balaban J connectivity index is 1.86. The van der Waals surface area contributed by atoms with Crippen LogP contribution in [0.25, 0.3) is 0 Å². The molecule has 72 valence electrons. The van der Waals surface area contributed by atoms with Crippen LogP contribution >= 0.6 is 0 Å². The van der Waals surface area contributed by atoms with Crippen molar-refractivity contribution >= 4 is 5.78 Å². The van der Waals surface area contributed by atoms with Gasteiger partial charge in [0.2, 0.25) is 0 Å². The lowest BCUT2D eigenvalue weighted by molar-refractivity contribution is -0.119. The molecule has 5 rings (SSSR count). The van der Waals surface area contributed by atoms with Crippen LogP contribution in [0, 0.1) is 23.7 Å². The SMILES string of the molecule is O=C1C2=C(C(O)CC=CC2)C2C3C1C23. The molecule has 0 radical (unpaired) electrons. The number of hydrogen-bond donors (Lipinski definition) is 1. The second-order valence-electron chi connectivity index (χ2n) is 4.93. The molecule has 0 aliphatic heterocycles. The van der Waals surface area contributed by atoms with Gasteiger partial charge in [-0.2, -0.15) is 0 Å². The number of rotatable bonds is 0. The number of hydrogen-bond acceptors (Lipinski definition) is 2. The fourth-order valence-corrected chi connectivity index (χ4v) is 3.52. The zero-order valence-corrected chi connectivity index (χ0v) is 7.81. The maximum atomic E-state index is 11.9. The Morgan fingerprint density at radius 1 is 1.21 bits per heavy atom. The van der Waals surface area contributed by atoms with Gasteiger partial charge in [0.1, 0.15) is 0 Å². The molecule has 0 aromatic heterocycles. The molecule has 2 saturated carbocycles. The summed E-state index contributed by atoms with van der Waals surface area (Å²) in [7, 11) is 0. The molecular weight excluding hydrogens is 176 g/mol. The van der Waals surface area contributed by atoms with E-state index in [4.69, 9.17) is 0 Å². The van der Waals surface area contributed by atoms with Crippen LogP contribution in [0.4, 0.5) is 0 Å². The van der Waals surface area contributed by atoms with Gasteiger partial charge in [-0.25, -0.2) is 0 Å². The molecule has 2 bridgehead atoms. The van der Waals surface area contributed by atoms with Gasteiger partial charge in [0, 0.05) is 11.5 Å². The number of aliphatic hydroxyl groups is 1. The first kappa shape index (κ1) is 7.41. The summed E-state index contributed by atoms with van der Waals surface area (Å²) in [4.78, 5) is 11.9. The minimum absolute atomic E-state index is 0.350. The fraction of sp³-hybridized carbons (Fsp3) is 0.583. The standard InChI is InChI=1S/C12H12O2/c13-6-4-2-1-3-5-7(6)8-9-10(8)11(9)12(5)14/h1-2,6,8-11,13H,3-4H2. The molecule has 2 heteroatoms. The highest BCUT2D eigenvalue weighted by molar-refractivity contribution is 6.04. The first-order chi connectivity index (χ1) is 6.80. The van der Waals surface area contributed by atoms with Crippen LogP contribution in [-0.2, 0) is 4.79 Å². The molecule has 0 heterocycles. The second kappa shape index (κ2) is 2.03. The molecule has 0 aromatic carbocycles. The summed E-state index contributed by atoms with van der Waals surface area (Å²) in [6.45, 7) is 0. The second-order valence-corrected chi connectivity index (χ2v) is 4.93.